The van der Waals surface area contributed by atoms with Crippen molar-refractivity contribution in [2.45, 2.75) is 41.5 Å². The number of nitrogens with one attached hydrogen (secondary N) is 2. The van der Waals surface area contributed by atoms with Crippen LogP contribution in [0.2, 0.25) is 0 Å². The molecular weight excluding hydrogens is 200 g/mol. The minimum absolute atomic E-state index is 0. The van der Waals surface area contributed by atoms with Crippen LogP contribution in [-0.4, -0.2) is 28.9 Å². The molecule has 0 saturated heterocycles. The minimum atomic E-state index is 0. The van der Waals surface area contributed by atoms with E-state index in [0.29, 0.717) is 0 Å². The van der Waals surface area contributed by atoms with Crippen LogP contribution in [0.4, 0.5) is 0 Å². The van der Waals surface area contributed by atoms with Crippen molar-refractivity contribution in [3.05, 3.63) is 18.2 Å². The smallest absolute Gasteiger partial charge is 0.105 e. The Kier molecular flexibility index (Phi) is 10.9. The summed E-state index contributed by atoms with van der Waals surface area (Å²) in [5.74, 6) is 2.22. The molecule has 2 rings (SSSR count). The van der Waals surface area contributed by atoms with Gasteiger partial charge in [0.15, 0.2) is 0 Å². The maximum absolute atomic E-state index is 4.16. The van der Waals surface area contributed by atoms with E-state index in [4.69, 9.17) is 0 Å². The lowest BCUT2D eigenvalue weighted by Crippen LogP contribution is -2.16. The Labute approximate surface area is 99.6 Å². The molecule has 0 saturated carbocycles. The number of H-pyrrole nitrogens is 1. The van der Waals surface area contributed by atoms with E-state index in [1.807, 2.05) is 6.20 Å². The molecule has 1 aliphatic rings. The van der Waals surface area contributed by atoms with Crippen LogP contribution in [0, 0.1) is 0 Å². The summed E-state index contributed by atoms with van der Waals surface area (Å²) >= 11 is 0. The van der Waals surface area contributed by atoms with E-state index in [-0.39, 0.29) is 14.9 Å². The Morgan fingerprint density at radius 1 is 1.25 bits per heavy atom. The summed E-state index contributed by atoms with van der Waals surface area (Å²) in [6, 6.07) is 0. The van der Waals surface area contributed by atoms with E-state index in [1.165, 1.54) is 5.84 Å². The molecule has 1 aliphatic heterocycles. The monoisotopic (exact) mass is 226 g/mol. The maximum atomic E-state index is 4.16. The van der Waals surface area contributed by atoms with Crippen LogP contribution in [-0.2, 0) is 6.42 Å². The SMILES string of the molecule is C.C.CCC1=NCCN1.CCc1ncc[nH]1. The lowest BCUT2D eigenvalue weighted by molar-refractivity contribution is 0.951. The molecular formula is C12H26N4. The second kappa shape index (κ2) is 10.2. The first-order chi connectivity index (χ1) is 6.86. The molecule has 0 aliphatic carbocycles. The topological polar surface area (TPSA) is 53.1 Å². The normalized spacial score (nSPS) is 12.2. The third-order valence-electron chi connectivity index (χ3n) is 1.97. The van der Waals surface area contributed by atoms with E-state index >= 15 is 0 Å². The van der Waals surface area contributed by atoms with Crippen LogP contribution >= 0.6 is 0 Å². The molecule has 2 heterocycles. The Balaban J connectivity index is 0. The molecule has 4 heteroatoms. The number of aromatic amines is 1. The highest BCUT2D eigenvalue weighted by Crippen LogP contribution is 1.87. The van der Waals surface area contributed by atoms with Crippen molar-refractivity contribution in [2.24, 2.45) is 4.99 Å². The standard InChI is InChI=1S/C5H10N2.C5H8N2.2CH4/c2*1-2-5-6-3-4-7-5;;/h2-4H2,1H3,(H,6,7);3-4H,2H2,1H3,(H,6,7);2*1H4. The molecule has 0 aromatic carbocycles. The number of aryl methyl sites for hydroxylation is 1. The van der Waals surface area contributed by atoms with E-state index in [2.05, 4.69) is 34.1 Å². The van der Waals surface area contributed by atoms with E-state index in [9.17, 15) is 0 Å². The van der Waals surface area contributed by atoms with Crippen molar-refractivity contribution < 1.29 is 0 Å². The zero-order chi connectivity index (χ0) is 10.2. The average Bonchev–Trinajstić information content (AvgIpc) is 2.92. The molecule has 94 valence electrons. The van der Waals surface area contributed by atoms with Crippen molar-refractivity contribution in [3.8, 4) is 0 Å². The number of nitrogens with zero attached hydrogens (tertiary/aromatic N) is 2. The summed E-state index contributed by atoms with van der Waals surface area (Å²) in [6.45, 7) is 6.20. The second-order valence-corrected chi connectivity index (χ2v) is 3.00. The van der Waals surface area contributed by atoms with Gasteiger partial charge in [0.25, 0.3) is 0 Å². The molecule has 0 radical (unpaired) electrons. The Morgan fingerprint density at radius 3 is 2.25 bits per heavy atom. The Bertz CT molecular complexity index is 265. The first-order valence-corrected chi connectivity index (χ1v) is 5.12. The predicted molar refractivity (Wildman–Crippen MR) is 72.0 cm³/mol. The van der Waals surface area contributed by atoms with Gasteiger partial charge in [-0.25, -0.2) is 4.98 Å². The number of hydrogen-bond donors (Lipinski definition) is 2. The van der Waals surface area contributed by atoms with E-state index in [1.54, 1.807) is 6.20 Å². The van der Waals surface area contributed by atoms with Gasteiger partial charge in [0.1, 0.15) is 5.82 Å². The zero-order valence-electron chi connectivity index (χ0n) is 8.88. The van der Waals surface area contributed by atoms with Gasteiger partial charge in [-0.05, 0) is 0 Å². The third-order valence-corrected chi connectivity index (χ3v) is 1.97. The van der Waals surface area contributed by atoms with E-state index in [0.717, 1.165) is 31.8 Å². The second-order valence-electron chi connectivity index (χ2n) is 3.00. The summed E-state index contributed by atoms with van der Waals surface area (Å²) in [4.78, 5) is 11.1. The van der Waals surface area contributed by atoms with Gasteiger partial charge in [-0.2, -0.15) is 0 Å². The fraction of sp³-hybridized carbons (Fsp3) is 0.667. The van der Waals surface area contributed by atoms with Crippen LogP contribution < -0.4 is 5.32 Å². The summed E-state index contributed by atoms with van der Waals surface area (Å²) in [5, 5.41) is 3.16. The quantitative estimate of drug-likeness (QED) is 0.814. The van der Waals surface area contributed by atoms with Gasteiger partial charge in [0, 0.05) is 31.8 Å². The highest BCUT2D eigenvalue weighted by molar-refractivity contribution is 5.83. The maximum Gasteiger partial charge on any atom is 0.105 e. The fourth-order valence-corrected chi connectivity index (χ4v) is 1.18. The first kappa shape index (κ1) is 17.1. The number of imidazole rings is 1. The molecule has 0 fully saturated rings. The number of hydrogen-bond acceptors (Lipinski definition) is 3. The highest BCUT2D eigenvalue weighted by Gasteiger charge is 1.98. The largest absolute Gasteiger partial charge is 0.372 e. The van der Waals surface area contributed by atoms with Crippen molar-refractivity contribution >= 4 is 5.84 Å². The van der Waals surface area contributed by atoms with E-state index < -0.39 is 0 Å². The van der Waals surface area contributed by atoms with Crippen molar-refractivity contribution in [1.82, 2.24) is 15.3 Å². The summed E-state index contributed by atoms with van der Waals surface area (Å²) in [6.07, 6.45) is 5.64. The lowest BCUT2D eigenvalue weighted by atomic mass is 10.4. The summed E-state index contributed by atoms with van der Waals surface area (Å²) in [7, 11) is 0. The molecule has 0 unspecified atom stereocenters. The van der Waals surface area contributed by atoms with Crippen LogP contribution in [0.25, 0.3) is 0 Å². The van der Waals surface area contributed by atoms with Gasteiger partial charge in [-0.1, -0.05) is 28.7 Å². The van der Waals surface area contributed by atoms with Crippen LogP contribution in [0.5, 0.6) is 0 Å². The molecule has 0 atom stereocenters. The molecule has 16 heavy (non-hydrogen) atoms. The summed E-state index contributed by atoms with van der Waals surface area (Å²) in [5.41, 5.74) is 0. The van der Waals surface area contributed by atoms with Gasteiger partial charge in [-0.3, -0.25) is 4.99 Å². The van der Waals surface area contributed by atoms with Gasteiger partial charge >= 0.3 is 0 Å². The predicted octanol–water partition coefficient (Wildman–Crippen LogP) is 2.64. The average molecular weight is 226 g/mol. The molecule has 4 nitrogen and oxygen atoms in total. The highest BCUT2D eigenvalue weighted by atomic mass is 15.1. The fourth-order valence-electron chi connectivity index (χ4n) is 1.18. The lowest BCUT2D eigenvalue weighted by Gasteiger charge is -1.91. The van der Waals surface area contributed by atoms with Crippen molar-refractivity contribution in [2.75, 3.05) is 13.1 Å². The molecule has 0 bridgehead atoms. The van der Waals surface area contributed by atoms with Gasteiger partial charge in [-0.15, -0.1) is 0 Å². The molecule has 2 N–H and O–H groups in total. The minimum Gasteiger partial charge on any atom is -0.372 e. The van der Waals surface area contributed by atoms with Crippen molar-refractivity contribution in [3.63, 3.8) is 0 Å². The van der Waals surface area contributed by atoms with Gasteiger partial charge in [0.05, 0.1) is 12.4 Å². The third kappa shape index (κ3) is 6.22. The molecule has 0 spiro atoms. The number of amidine groups is 1. The van der Waals surface area contributed by atoms with Gasteiger partial charge in [0.2, 0.25) is 0 Å². The Morgan fingerprint density at radius 2 is 2.00 bits per heavy atom. The number of rotatable bonds is 2. The molecule has 1 aromatic heterocycles. The number of aromatic nitrogens is 2. The zero-order valence-corrected chi connectivity index (χ0v) is 8.88. The summed E-state index contributed by atoms with van der Waals surface area (Å²) < 4.78 is 0. The van der Waals surface area contributed by atoms with Crippen LogP contribution in [0.15, 0.2) is 17.4 Å². The van der Waals surface area contributed by atoms with Crippen LogP contribution in [0.3, 0.4) is 0 Å². The van der Waals surface area contributed by atoms with Crippen molar-refractivity contribution in [1.29, 1.82) is 0 Å². The first-order valence-electron chi connectivity index (χ1n) is 5.12. The molecule has 0 amide bonds. The van der Waals surface area contributed by atoms with Gasteiger partial charge < -0.3 is 10.3 Å². The molecule has 1 aromatic rings. The Hall–Kier alpha value is -1.32. The number of aliphatic imine (C=N–C) groups is 1. The van der Waals surface area contributed by atoms with Crippen LogP contribution in [0.1, 0.15) is 40.9 Å².